The maximum atomic E-state index is 12.7. The zero-order valence-corrected chi connectivity index (χ0v) is 12.5. The van der Waals surface area contributed by atoms with Crippen LogP contribution in [0.25, 0.3) is 0 Å². The number of alkyl halides is 3. The predicted molar refractivity (Wildman–Crippen MR) is 81.7 cm³/mol. The van der Waals surface area contributed by atoms with Crippen molar-refractivity contribution in [1.82, 2.24) is 15.6 Å². The van der Waals surface area contributed by atoms with Crippen molar-refractivity contribution in [3.8, 4) is 0 Å². The van der Waals surface area contributed by atoms with Crippen LogP contribution >= 0.6 is 0 Å². The minimum atomic E-state index is -4.36. The lowest BCUT2D eigenvalue weighted by Crippen LogP contribution is -2.44. The van der Waals surface area contributed by atoms with Crippen molar-refractivity contribution in [2.75, 3.05) is 13.1 Å². The number of hydrogen-bond donors (Lipinski definition) is 2. The van der Waals surface area contributed by atoms with E-state index in [0.717, 1.165) is 30.8 Å². The van der Waals surface area contributed by atoms with Gasteiger partial charge in [-0.2, -0.15) is 13.2 Å². The second-order valence-corrected chi connectivity index (χ2v) is 5.78. The lowest BCUT2D eigenvalue weighted by molar-refractivity contribution is -0.137. The van der Waals surface area contributed by atoms with Gasteiger partial charge in [0.05, 0.1) is 16.8 Å². The highest BCUT2D eigenvalue weighted by atomic mass is 19.4. The zero-order chi connectivity index (χ0) is 16.3. The number of pyridine rings is 1. The van der Waals surface area contributed by atoms with Crippen LogP contribution in [0.2, 0.25) is 0 Å². The van der Waals surface area contributed by atoms with E-state index in [1.807, 2.05) is 30.3 Å². The van der Waals surface area contributed by atoms with Crippen LogP contribution in [-0.2, 0) is 18.3 Å². The molecule has 0 saturated carbocycles. The Kier molecular flexibility index (Phi) is 4.37. The molecule has 1 saturated heterocycles. The first-order valence-electron chi connectivity index (χ1n) is 7.53. The van der Waals surface area contributed by atoms with E-state index in [1.54, 1.807) is 0 Å². The molecule has 2 aromatic rings. The van der Waals surface area contributed by atoms with Crippen LogP contribution in [0.15, 0.2) is 48.7 Å². The van der Waals surface area contributed by atoms with Crippen molar-refractivity contribution >= 4 is 0 Å². The van der Waals surface area contributed by atoms with Crippen LogP contribution in [0.3, 0.4) is 0 Å². The molecule has 1 fully saturated rings. The highest BCUT2D eigenvalue weighted by molar-refractivity contribution is 5.25. The molecule has 0 bridgehead atoms. The minimum Gasteiger partial charge on any atom is -0.314 e. The highest BCUT2D eigenvalue weighted by Gasteiger charge is 2.37. The van der Waals surface area contributed by atoms with E-state index in [0.29, 0.717) is 18.8 Å². The summed E-state index contributed by atoms with van der Waals surface area (Å²) in [6.45, 7) is 2.11. The molecule has 122 valence electrons. The molecule has 0 spiro atoms. The molecule has 0 aliphatic carbocycles. The molecule has 0 amide bonds. The number of aromatic nitrogens is 1. The molecule has 2 heterocycles. The largest absolute Gasteiger partial charge is 0.417 e. The molecule has 1 aliphatic rings. The highest BCUT2D eigenvalue weighted by Crippen LogP contribution is 2.31. The second kappa shape index (κ2) is 6.29. The molecular weight excluding hydrogens is 303 g/mol. The summed E-state index contributed by atoms with van der Waals surface area (Å²) in [4.78, 5) is 4.09. The maximum absolute atomic E-state index is 12.7. The van der Waals surface area contributed by atoms with Gasteiger partial charge in [0.15, 0.2) is 0 Å². The third kappa shape index (κ3) is 3.54. The number of rotatable bonds is 4. The van der Waals surface area contributed by atoms with E-state index in [4.69, 9.17) is 0 Å². The van der Waals surface area contributed by atoms with Gasteiger partial charge in [-0.3, -0.25) is 4.98 Å². The van der Waals surface area contributed by atoms with Crippen LogP contribution in [0.4, 0.5) is 13.2 Å². The molecule has 1 aromatic carbocycles. The number of nitrogens with one attached hydrogen (secondary N) is 2. The van der Waals surface area contributed by atoms with Crippen molar-refractivity contribution in [2.45, 2.75) is 24.7 Å². The summed E-state index contributed by atoms with van der Waals surface area (Å²) >= 11 is 0. The molecule has 3 rings (SSSR count). The number of hydrogen-bond acceptors (Lipinski definition) is 3. The molecule has 1 aliphatic heterocycles. The molecule has 1 atom stereocenters. The molecule has 3 nitrogen and oxygen atoms in total. The van der Waals surface area contributed by atoms with E-state index >= 15 is 0 Å². The summed E-state index contributed by atoms with van der Waals surface area (Å²) in [7, 11) is 0. The fourth-order valence-corrected chi connectivity index (χ4v) is 2.86. The summed E-state index contributed by atoms with van der Waals surface area (Å²) in [5.41, 5.74) is 0.627. The van der Waals surface area contributed by atoms with Crippen molar-refractivity contribution in [3.05, 3.63) is 65.5 Å². The van der Waals surface area contributed by atoms with Crippen LogP contribution < -0.4 is 10.6 Å². The van der Waals surface area contributed by atoms with Gasteiger partial charge in [-0.15, -0.1) is 0 Å². The Morgan fingerprint density at radius 1 is 1.13 bits per heavy atom. The van der Waals surface area contributed by atoms with E-state index < -0.39 is 17.3 Å². The Labute approximate surface area is 132 Å². The third-order valence-electron chi connectivity index (χ3n) is 4.21. The lowest BCUT2D eigenvalue weighted by atomic mass is 9.92. The van der Waals surface area contributed by atoms with E-state index in [-0.39, 0.29) is 0 Å². The fraction of sp³-hybridized carbons (Fsp3) is 0.353. The predicted octanol–water partition coefficient (Wildman–Crippen LogP) is 3.08. The Balaban J connectivity index is 1.80. The van der Waals surface area contributed by atoms with Gasteiger partial charge in [-0.25, -0.2) is 0 Å². The summed E-state index contributed by atoms with van der Waals surface area (Å²) in [6.07, 6.45) is -2.65. The Morgan fingerprint density at radius 2 is 1.91 bits per heavy atom. The smallest absolute Gasteiger partial charge is 0.314 e. The first-order chi connectivity index (χ1) is 11.0. The van der Waals surface area contributed by atoms with Crippen LogP contribution in [-0.4, -0.2) is 18.1 Å². The maximum Gasteiger partial charge on any atom is 0.417 e. The van der Waals surface area contributed by atoms with Crippen LogP contribution in [0.1, 0.15) is 23.2 Å². The second-order valence-electron chi connectivity index (χ2n) is 5.78. The van der Waals surface area contributed by atoms with Gasteiger partial charge in [0.2, 0.25) is 0 Å². The Bertz CT molecular complexity index is 632. The summed E-state index contributed by atoms with van der Waals surface area (Å²) in [5, 5.41) is 6.75. The monoisotopic (exact) mass is 321 g/mol. The Hall–Kier alpha value is -1.92. The quantitative estimate of drug-likeness (QED) is 0.909. The summed E-state index contributed by atoms with van der Waals surface area (Å²) in [5.74, 6) is 0. The number of nitrogens with zero attached hydrogens (tertiary/aromatic N) is 1. The van der Waals surface area contributed by atoms with Crippen molar-refractivity contribution in [1.29, 1.82) is 0 Å². The number of benzene rings is 1. The standard InChI is InChI=1S/C17H18F3N3/c18-17(19,20)14-6-7-15(22-11-14)16(8-9-21-12-16)23-10-13-4-2-1-3-5-13/h1-7,11,21,23H,8-10,12H2/t16-/m0/s1. The molecular formula is C17H18F3N3. The number of halogens is 3. The fourth-order valence-electron chi connectivity index (χ4n) is 2.86. The van der Waals surface area contributed by atoms with Gasteiger partial charge in [0, 0.05) is 19.3 Å². The minimum absolute atomic E-state index is 0.431. The normalized spacial score (nSPS) is 21.5. The van der Waals surface area contributed by atoms with Gasteiger partial charge >= 0.3 is 6.18 Å². The average molecular weight is 321 g/mol. The van der Waals surface area contributed by atoms with Crippen LogP contribution in [0, 0.1) is 0 Å². The first kappa shape index (κ1) is 16.0. The van der Waals surface area contributed by atoms with Gasteiger partial charge in [0.1, 0.15) is 0 Å². The molecule has 0 unspecified atom stereocenters. The Morgan fingerprint density at radius 3 is 2.48 bits per heavy atom. The van der Waals surface area contributed by atoms with Gasteiger partial charge in [-0.1, -0.05) is 30.3 Å². The van der Waals surface area contributed by atoms with E-state index in [9.17, 15) is 13.2 Å². The van der Waals surface area contributed by atoms with Crippen molar-refractivity contribution in [3.63, 3.8) is 0 Å². The van der Waals surface area contributed by atoms with Crippen molar-refractivity contribution < 1.29 is 13.2 Å². The lowest BCUT2D eigenvalue weighted by Gasteiger charge is -2.29. The average Bonchev–Trinajstić information content (AvgIpc) is 3.03. The first-order valence-corrected chi connectivity index (χ1v) is 7.53. The topological polar surface area (TPSA) is 37.0 Å². The van der Waals surface area contributed by atoms with Crippen LogP contribution in [0.5, 0.6) is 0 Å². The molecule has 0 radical (unpaired) electrons. The molecule has 23 heavy (non-hydrogen) atoms. The third-order valence-corrected chi connectivity index (χ3v) is 4.21. The summed E-state index contributed by atoms with van der Waals surface area (Å²) < 4.78 is 38.1. The molecule has 1 aromatic heterocycles. The summed E-state index contributed by atoms with van der Waals surface area (Å²) in [6, 6.07) is 12.5. The zero-order valence-electron chi connectivity index (χ0n) is 12.5. The molecule has 2 N–H and O–H groups in total. The van der Waals surface area contributed by atoms with Gasteiger partial charge in [0.25, 0.3) is 0 Å². The molecule has 6 heteroatoms. The van der Waals surface area contributed by atoms with Gasteiger partial charge < -0.3 is 10.6 Å². The van der Waals surface area contributed by atoms with Gasteiger partial charge in [-0.05, 0) is 30.7 Å². The van der Waals surface area contributed by atoms with E-state index in [2.05, 4.69) is 15.6 Å². The van der Waals surface area contributed by atoms with Crippen molar-refractivity contribution in [2.24, 2.45) is 0 Å². The SMILES string of the molecule is FC(F)(F)c1ccc([C@]2(NCc3ccccc3)CCNC2)nc1. The van der Waals surface area contributed by atoms with E-state index in [1.165, 1.54) is 6.07 Å².